The van der Waals surface area contributed by atoms with Gasteiger partial charge in [-0.15, -0.1) is 0 Å². The number of carboxylic acids is 4. The van der Waals surface area contributed by atoms with Crippen LogP contribution in [0.15, 0.2) is 24.3 Å². The van der Waals surface area contributed by atoms with Gasteiger partial charge in [0.2, 0.25) is 29.5 Å². The van der Waals surface area contributed by atoms with Crippen LogP contribution in [0, 0.1) is 0 Å². The molecule has 9 N–H and O–H groups in total. The van der Waals surface area contributed by atoms with Crippen molar-refractivity contribution in [2.24, 2.45) is 0 Å². The number of amides is 5. The SMILES string of the molecule is CCC[C@H](NC(=O)CCC(NC(=O)COCCOCCNC(=O)COCCOCCNC(=O)CC[C@H](NC(=O)CCCCCCCCCOc1ccc(C(=O)O)cc1)C(=O)O)C(=O)O)C(=O)O. The van der Waals surface area contributed by atoms with Crippen molar-refractivity contribution in [3.63, 3.8) is 0 Å². The fraction of sp³-hybridized carbons (Fsp3) is 0.659. The summed E-state index contributed by atoms with van der Waals surface area (Å²) in [4.78, 5) is 106. The molecule has 0 aliphatic carbocycles. The van der Waals surface area contributed by atoms with E-state index < -0.39 is 72.2 Å². The van der Waals surface area contributed by atoms with E-state index in [0.717, 1.165) is 38.5 Å². The Morgan fingerprint density at radius 1 is 0.463 bits per heavy atom. The van der Waals surface area contributed by atoms with Gasteiger partial charge in [-0.25, -0.2) is 19.2 Å². The summed E-state index contributed by atoms with van der Waals surface area (Å²) >= 11 is 0. The van der Waals surface area contributed by atoms with E-state index in [1.807, 2.05) is 0 Å². The number of carbonyl (C=O) groups is 9. The summed E-state index contributed by atoms with van der Waals surface area (Å²) in [6, 6.07) is 2.60. The van der Waals surface area contributed by atoms with E-state index in [2.05, 4.69) is 26.6 Å². The molecule has 1 unspecified atom stereocenters. The predicted octanol–water partition coefficient (Wildman–Crippen LogP) is 1.25. The lowest BCUT2D eigenvalue weighted by molar-refractivity contribution is -0.144. The summed E-state index contributed by atoms with van der Waals surface area (Å²) < 4.78 is 26.7. The minimum atomic E-state index is -1.38. The molecule has 0 radical (unpaired) electrons. The molecule has 0 saturated carbocycles. The molecule has 0 saturated heterocycles. The van der Waals surface area contributed by atoms with Crippen LogP contribution in [-0.4, -0.2) is 165 Å². The van der Waals surface area contributed by atoms with Gasteiger partial charge in [-0.05, 0) is 56.4 Å². The van der Waals surface area contributed by atoms with Gasteiger partial charge in [0.25, 0.3) is 0 Å². The monoisotopic (exact) mass is 955 g/mol. The minimum absolute atomic E-state index is 0.00451. The molecule has 0 aliphatic heterocycles. The average molecular weight is 956 g/mol. The largest absolute Gasteiger partial charge is 0.494 e. The second-order valence-electron chi connectivity index (χ2n) is 15.2. The fourth-order valence-electron chi connectivity index (χ4n) is 5.97. The molecule has 23 heteroatoms. The molecular formula is C44H69N5O18. The molecule has 0 spiro atoms. The summed E-state index contributed by atoms with van der Waals surface area (Å²) in [6.07, 6.45) is 6.39. The predicted molar refractivity (Wildman–Crippen MR) is 237 cm³/mol. The van der Waals surface area contributed by atoms with Crippen molar-refractivity contribution in [1.82, 2.24) is 26.6 Å². The van der Waals surface area contributed by atoms with E-state index in [4.69, 9.17) is 33.9 Å². The summed E-state index contributed by atoms with van der Waals surface area (Å²) in [5.41, 5.74) is 0.204. The van der Waals surface area contributed by atoms with Gasteiger partial charge in [0.15, 0.2) is 0 Å². The molecule has 1 aromatic carbocycles. The van der Waals surface area contributed by atoms with Crippen molar-refractivity contribution < 1.29 is 87.3 Å². The molecule has 1 rings (SSSR count). The van der Waals surface area contributed by atoms with Crippen LogP contribution >= 0.6 is 0 Å². The topological polar surface area (TPSA) is 341 Å². The smallest absolute Gasteiger partial charge is 0.335 e. The molecule has 0 heterocycles. The zero-order valence-electron chi connectivity index (χ0n) is 38.2. The van der Waals surface area contributed by atoms with Gasteiger partial charge in [0.05, 0.1) is 51.8 Å². The van der Waals surface area contributed by atoms with Gasteiger partial charge < -0.3 is 70.7 Å². The highest BCUT2D eigenvalue weighted by atomic mass is 16.5. The number of nitrogens with one attached hydrogen (secondary N) is 5. The maximum atomic E-state index is 12.3. The average Bonchev–Trinajstić information content (AvgIpc) is 3.28. The molecule has 378 valence electrons. The first kappa shape index (κ1) is 59.1. The molecule has 67 heavy (non-hydrogen) atoms. The number of carbonyl (C=O) groups excluding carboxylic acids is 5. The first-order valence-corrected chi connectivity index (χ1v) is 22.5. The van der Waals surface area contributed by atoms with Gasteiger partial charge in [0.1, 0.15) is 37.1 Å². The Bertz CT molecular complexity index is 1660. The van der Waals surface area contributed by atoms with Crippen LogP contribution in [0.4, 0.5) is 0 Å². The first-order chi connectivity index (χ1) is 32.1. The van der Waals surface area contributed by atoms with E-state index in [0.29, 0.717) is 25.2 Å². The maximum absolute atomic E-state index is 12.3. The van der Waals surface area contributed by atoms with Crippen LogP contribution < -0.4 is 31.3 Å². The van der Waals surface area contributed by atoms with Gasteiger partial charge >= 0.3 is 23.9 Å². The number of unbranched alkanes of at least 4 members (excludes halogenated alkanes) is 6. The van der Waals surface area contributed by atoms with Gasteiger partial charge in [0, 0.05) is 32.4 Å². The highest BCUT2D eigenvalue weighted by Crippen LogP contribution is 2.14. The van der Waals surface area contributed by atoms with E-state index in [9.17, 15) is 53.4 Å². The summed E-state index contributed by atoms with van der Waals surface area (Å²) in [6.45, 7) is 2.50. The van der Waals surface area contributed by atoms with Crippen LogP contribution in [0.3, 0.4) is 0 Å². The number of benzene rings is 1. The normalized spacial score (nSPS) is 12.2. The summed E-state index contributed by atoms with van der Waals surface area (Å²) in [5.74, 6) is -6.72. The molecule has 0 bridgehead atoms. The summed E-state index contributed by atoms with van der Waals surface area (Å²) in [5, 5.41) is 49.2. The fourth-order valence-corrected chi connectivity index (χ4v) is 5.97. The zero-order valence-corrected chi connectivity index (χ0v) is 38.2. The van der Waals surface area contributed by atoms with Crippen LogP contribution in [0.1, 0.15) is 107 Å². The van der Waals surface area contributed by atoms with Crippen LogP contribution in [0.2, 0.25) is 0 Å². The number of hydrogen-bond donors (Lipinski definition) is 9. The zero-order chi connectivity index (χ0) is 49.7. The Balaban J connectivity index is 2.00. The third kappa shape index (κ3) is 31.6. The van der Waals surface area contributed by atoms with Crippen molar-refractivity contribution in [1.29, 1.82) is 0 Å². The Hall–Kier alpha value is -5.91. The molecule has 23 nitrogen and oxygen atoms in total. The van der Waals surface area contributed by atoms with E-state index >= 15 is 0 Å². The molecule has 5 amide bonds. The quantitative estimate of drug-likeness (QED) is 0.0416. The van der Waals surface area contributed by atoms with Crippen LogP contribution in [-0.2, 0) is 57.3 Å². The summed E-state index contributed by atoms with van der Waals surface area (Å²) in [7, 11) is 0. The second kappa shape index (κ2) is 37.2. The van der Waals surface area contributed by atoms with Crippen molar-refractivity contribution in [2.45, 2.75) is 115 Å². The molecular weight excluding hydrogens is 887 g/mol. The van der Waals surface area contributed by atoms with Crippen LogP contribution in [0.25, 0.3) is 0 Å². The Kier molecular flexibility index (Phi) is 32.8. The Morgan fingerprint density at radius 2 is 0.896 bits per heavy atom. The highest BCUT2D eigenvalue weighted by Gasteiger charge is 2.24. The number of rotatable bonds is 42. The van der Waals surface area contributed by atoms with Crippen molar-refractivity contribution in [2.75, 3.05) is 72.6 Å². The molecule has 0 fully saturated rings. The van der Waals surface area contributed by atoms with E-state index in [-0.39, 0.29) is 109 Å². The third-order valence-corrected chi connectivity index (χ3v) is 9.56. The maximum Gasteiger partial charge on any atom is 0.335 e. The van der Waals surface area contributed by atoms with Crippen molar-refractivity contribution in [3.8, 4) is 5.75 Å². The molecule has 0 aliphatic rings. The lowest BCUT2D eigenvalue weighted by Gasteiger charge is -2.16. The third-order valence-electron chi connectivity index (χ3n) is 9.56. The number of ether oxygens (including phenoxy) is 5. The highest BCUT2D eigenvalue weighted by molar-refractivity contribution is 5.88. The molecule has 0 aromatic heterocycles. The number of hydrogen-bond acceptors (Lipinski definition) is 14. The number of carboxylic acid groups (broad SMARTS) is 4. The number of aliphatic carboxylic acids is 3. The molecule has 3 atom stereocenters. The number of aromatic carboxylic acids is 1. The lowest BCUT2D eigenvalue weighted by Crippen LogP contribution is -2.44. The second-order valence-corrected chi connectivity index (χ2v) is 15.2. The lowest BCUT2D eigenvalue weighted by atomic mass is 10.1. The van der Waals surface area contributed by atoms with Gasteiger partial charge in [-0.3, -0.25) is 24.0 Å². The van der Waals surface area contributed by atoms with Crippen LogP contribution in [0.5, 0.6) is 5.75 Å². The first-order valence-electron chi connectivity index (χ1n) is 22.5. The van der Waals surface area contributed by atoms with Crippen molar-refractivity contribution in [3.05, 3.63) is 29.8 Å². The van der Waals surface area contributed by atoms with Gasteiger partial charge in [-0.2, -0.15) is 0 Å². The van der Waals surface area contributed by atoms with E-state index in [1.165, 1.54) is 12.1 Å². The standard InChI is InChI=1S/C44H69N5O18/c1-2-10-33(42(57)58)47-38(52)19-17-35(44(61)62)49-40(54)30-66-28-26-64-24-21-46-39(53)29-65-27-25-63-23-20-45-36(50)18-16-34(43(59)60)48-37(51)11-8-6-4-3-5-7-9-22-67-32-14-12-31(13-15-32)41(55)56/h12-15,33-35H,2-11,16-30H2,1H3,(H,45,50)(H,46,53)(H,47,52)(H,48,51)(H,49,54)(H,55,56)(H,57,58)(H,59,60)(H,61,62)/t33-,34-,35?/m0/s1. The van der Waals surface area contributed by atoms with Gasteiger partial charge in [-0.1, -0.05) is 45.4 Å². The molecule has 1 aromatic rings. The Labute approximate surface area is 389 Å². The minimum Gasteiger partial charge on any atom is -0.494 e. The van der Waals surface area contributed by atoms with E-state index in [1.54, 1.807) is 19.1 Å². The Morgan fingerprint density at radius 3 is 1.42 bits per heavy atom. The van der Waals surface area contributed by atoms with Crippen molar-refractivity contribution >= 4 is 53.4 Å².